The van der Waals surface area contributed by atoms with E-state index in [4.69, 9.17) is 0 Å². The lowest BCUT2D eigenvalue weighted by molar-refractivity contribution is 0.0682. The molecule has 0 aliphatic heterocycles. The second kappa shape index (κ2) is 8.21. The fourth-order valence-electron chi connectivity index (χ4n) is 3.44. The highest BCUT2D eigenvalue weighted by Gasteiger charge is 2.23. The SMILES string of the molecule is C=C(C)c1cccc(-c2c(C(=O)O)ccc(C(=O)O)c2-c2cccc(C(=C)C)c2)c1. The van der Waals surface area contributed by atoms with Crippen molar-refractivity contribution in [3.05, 3.63) is 96.1 Å². The van der Waals surface area contributed by atoms with Crippen molar-refractivity contribution in [3.63, 3.8) is 0 Å². The van der Waals surface area contributed by atoms with Crippen LogP contribution in [0.15, 0.2) is 73.8 Å². The van der Waals surface area contributed by atoms with E-state index in [1.807, 2.05) is 50.2 Å². The topological polar surface area (TPSA) is 74.6 Å². The molecule has 0 amide bonds. The predicted molar refractivity (Wildman–Crippen MR) is 121 cm³/mol. The number of carboxylic acid groups (broad SMARTS) is 2. The van der Waals surface area contributed by atoms with Gasteiger partial charge in [-0.1, -0.05) is 60.7 Å². The minimum absolute atomic E-state index is 0.0367. The molecule has 0 aromatic heterocycles. The van der Waals surface area contributed by atoms with Gasteiger partial charge >= 0.3 is 11.9 Å². The van der Waals surface area contributed by atoms with E-state index in [0.29, 0.717) is 22.3 Å². The third-order valence-electron chi connectivity index (χ3n) is 4.95. The summed E-state index contributed by atoms with van der Waals surface area (Å²) in [6, 6.07) is 17.3. The summed E-state index contributed by atoms with van der Waals surface area (Å²) in [4.78, 5) is 24.1. The highest BCUT2D eigenvalue weighted by Crippen LogP contribution is 2.39. The van der Waals surface area contributed by atoms with Crippen molar-refractivity contribution < 1.29 is 19.8 Å². The summed E-state index contributed by atoms with van der Waals surface area (Å²) in [6.07, 6.45) is 0. The molecule has 3 aromatic carbocycles. The van der Waals surface area contributed by atoms with Gasteiger partial charge < -0.3 is 10.2 Å². The van der Waals surface area contributed by atoms with Crippen molar-refractivity contribution in [2.45, 2.75) is 13.8 Å². The molecule has 0 bridgehead atoms. The van der Waals surface area contributed by atoms with Crippen LogP contribution in [0.2, 0.25) is 0 Å². The average Bonchev–Trinajstić information content (AvgIpc) is 2.72. The maximum atomic E-state index is 12.1. The normalized spacial score (nSPS) is 10.5. The smallest absolute Gasteiger partial charge is 0.336 e. The Hall–Kier alpha value is -3.92. The lowest BCUT2D eigenvalue weighted by atomic mass is 9.85. The average molecular weight is 398 g/mol. The molecule has 3 aromatic rings. The van der Waals surface area contributed by atoms with Gasteiger partial charge in [-0.2, -0.15) is 0 Å². The Morgan fingerprint density at radius 3 is 1.33 bits per heavy atom. The first-order valence-corrected chi connectivity index (χ1v) is 9.37. The Kier molecular flexibility index (Phi) is 5.70. The molecule has 4 heteroatoms. The summed E-state index contributed by atoms with van der Waals surface area (Å²) in [6.45, 7) is 11.6. The zero-order chi connectivity index (χ0) is 22.0. The number of hydrogen-bond donors (Lipinski definition) is 2. The molecule has 3 rings (SSSR count). The fourth-order valence-corrected chi connectivity index (χ4v) is 3.44. The van der Waals surface area contributed by atoms with Gasteiger partial charge in [0.05, 0.1) is 11.1 Å². The number of benzene rings is 3. The van der Waals surface area contributed by atoms with Crippen molar-refractivity contribution in [2.24, 2.45) is 0 Å². The van der Waals surface area contributed by atoms with Gasteiger partial charge in [0.1, 0.15) is 0 Å². The first-order valence-electron chi connectivity index (χ1n) is 9.37. The number of carbonyl (C=O) groups is 2. The van der Waals surface area contributed by atoms with E-state index in [9.17, 15) is 19.8 Å². The van der Waals surface area contributed by atoms with Gasteiger partial charge in [-0.3, -0.25) is 0 Å². The first-order chi connectivity index (χ1) is 14.2. The van der Waals surface area contributed by atoms with Gasteiger partial charge in [0.2, 0.25) is 0 Å². The van der Waals surface area contributed by atoms with Crippen molar-refractivity contribution in [2.75, 3.05) is 0 Å². The molecule has 0 saturated carbocycles. The second-order valence-corrected chi connectivity index (χ2v) is 7.24. The third-order valence-corrected chi connectivity index (χ3v) is 4.95. The van der Waals surface area contributed by atoms with Crippen LogP contribution in [-0.4, -0.2) is 22.2 Å². The molecule has 0 spiro atoms. The second-order valence-electron chi connectivity index (χ2n) is 7.24. The maximum absolute atomic E-state index is 12.1. The summed E-state index contributed by atoms with van der Waals surface area (Å²) in [5.74, 6) is -2.25. The number of rotatable bonds is 6. The lowest BCUT2D eigenvalue weighted by Crippen LogP contribution is -2.07. The maximum Gasteiger partial charge on any atom is 0.336 e. The van der Waals surface area contributed by atoms with Crippen LogP contribution in [0.1, 0.15) is 45.7 Å². The summed E-state index contributed by atoms with van der Waals surface area (Å²) in [5, 5.41) is 19.7. The molecule has 0 atom stereocenters. The van der Waals surface area contributed by atoms with Gasteiger partial charge in [0.25, 0.3) is 0 Å². The third kappa shape index (κ3) is 3.94. The van der Waals surface area contributed by atoms with Crippen LogP contribution in [0.4, 0.5) is 0 Å². The van der Waals surface area contributed by atoms with Crippen molar-refractivity contribution in [3.8, 4) is 22.3 Å². The molecular formula is C26H22O4. The minimum Gasteiger partial charge on any atom is -0.478 e. The molecule has 150 valence electrons. The summed E-state index contributed by atoms with van der Waals surface area (Å²) in [5.41, 5.74) is 5.40. The largest absolute Gasteiger partial charge is 0.478 e. The van der Waals surface area contributed by atoms with E-state index in [0.717, 1.165) is 22.3 Å². The molecule has 0 heterocycles. The highest BCUT2D eigenvalue weighted by molar-refractivity contribution is 6.08. The quantitative estimate of drug-likeness (QED) is 0.498. The Labute approximate surface area is 175 Å². The van der Waals surface area contributed by atoms with Crippen molar-refractivity contribution in [1.29, 1.82) is 0 Å². The Morgan fingerprint density at radius 2 is 1.03 bits per heavy atom. The van der Waals surface area contributed by atoms with E-state index >= 15 is 0 Å². The molecular weight excluding hydrogens is 376 g/mol. The van der Waals surface area contributed by atoms with Gasteiger partial charge in [-0.15, -0.1) is 0 Å². The zero-order valence-corrected chi connectivity index (χ0v) is 16.9. The van der Waals surface area contributed by atoms with Crippen LogP contribution >= 0.6 is 0 Å². The molecule has 0 fully saturated rings. The van der Waals surface area contributed by atoms with Crippen molar-refractivity contribution >= 4 is 23.1 Å². The van der Waals surface area contributed by atoms with Gasteiger partial charge in [0, 0.05) is 11.1 Å². The van der Waals surface area contributed by atoms with Crippen LogP contribution in [-0.2, 0) is 0 Å². The van der Waals surface area contributed by atoms with E-state index in [-0.39, 0.29) is 11.1 Å². The first kappa shape index (κ1) is 20.8. The van der Waals surface area contributed by atoms with Crippen LogP contribution in [0.25, 0.3) is 33.4 Å². The minimum atomic E-state index is -1.13. The molecule has 4 nitrogen and oxygen atoms in total. The molecule has 2 N–H and O–H groups in total. The van der Waals surface area contributed by atoms with E-state index < -0.39 is 11.9 Å². The summed E-state index contributed by atoms with van der Waals surface area (Å²) >= 11 is 0. The summed E-state index contributed by atoms with van der Waals surface area (Å²) < 4.78 is 0. The standard InChI is InChI=1S/C26H22O4/c1-15(2)17-7-5-9-19(13-17)23-21(25(27)28)11-12-22(26(29)30)24(23)20-10-6-8-18(14-20)16(3)4/h5-14H,1,3H2,2,4H3,(H,27,28)(H,29,30). The highest BCUT2D eigenvalue weighted by atomic mass is 16.4. The van der Waals surface area contributed by atoms with Crippen LogP contribution < -0.4 is 0 Å². The van der Waals surface area contributed by atoms with Crippen LogP contribution in [0.5, 0.6) is 0 Å². The van der Waals surface area contributed by atoms with Crippen LogP contribution in [0.3, 0.4) is 0 Å². The molecule has 0 saturated heterocycles. The Balaban J connectivity index is 2.47. The number of allylic oxidation sites excluding steroid dienone is 2. The van der Waals surface area contributed by atoms with Gasteiger partial charge in [-0.25, -0.2) is 9.59 Å². The zero-order valence-electron chi connectivity index (χ0n) is 16.9. The number of carboxylic acids is 2. The Morgan fingerprint density at radius 1 is 0.667 bits per heavy atom. The number of hydrogen-bond acceptors (Lipinski definition) is 2. The van der Waals surface area contributed by atoms with Gasteiger partial charge in [0.15, 0.2) is 0 Å². The molecule has 0 aliphatic carbocycles. The monoisotopic (exact) mass is 398 g/mol. The molecule has 30 heavy (non-hydrogen) atoms. The lowest BCUT2D eigenvalue weighted by Gasteiger charge is -2.18. The van der Waals surface area contributed by atoms with Crippen molar-refractivity contribution in [1.82, 2.24) is 0 Å². The molecule has 0 unspecified atom stereocenters. The van der Waals surface area contributed by atoms with Gasteiger partial charge in [-0.05, 0) is 60.4 Å². The predicted octanol–water partition coefficient (Wildman–Crippen LogP) is 6.48. The molecule has 0 aliphatic rings. The fraction of sp³-hybridized carbons (Fsp3) is 0.0769. The van der Waals surface area contributed by atoms with E-state index in [1.54, 1.807) is 12.1 Å². The molecule has 0 radical (unpaired) electrons. The van der Waals surface area contributed by atoms with E-state index in [1.165, 1.54) is 12.1 Å². The van der Waals surface area contributed by atoms with E-state index in [2.05, 4.69) is 13.2 Å². The number of aromatic carboxylic acids is 2. The van der Waals surface area contributed by atoms with Crippen LogP contribution in [0, 0.1) is 0 Å². The Bertz CT molecular complexity index is 1110. The summed E-state index contributed by atoms with van der Waals surface area (Å²) in [7, 11) is 0.